The Morgan fingerprint density at radius 2 is 2.17 bits per heavy atom. The van der Waals surface area contributed by atoms with Crippen LogP contribution in [0.15, 0.2) is 0 Å². The minimum absolute atomic E-state index is 0.156. The van der Waals surface area contributed by atoms with Crippen molar-refractivity contribution in [3.8, 4) is 6.07 Å². The highest BCUT2D eigenvalue weighted by Crippen LogP contribution is 2.27. The van der Waals surface area contributed by atoms with Crippen LogP contribution in [0.2, 0.25) is 0 Å². The molecule has 0 aromatic heterocycles. The molecule has 0 amide bonds. The van der Waals surface area contributed by atoms with Crippen molar-refractivity contribution in [3.63, 3.8) is 0 Å². The summed E-state index contributed by atoms with van der Waals surface area (Å²) in [7, 11) is 0. The van der Waals surface area contributed by atoms with Gasteiger partial charge in [-0.05, 0) is 72.0 Å². The van der Waals surface area contributed by atoms with Crippen LogP contribution in [0.4, 0.5) is 0 Å². The number of rotatable bonds is 5. The molecule has 0 bridgehead atoms. The summed E-state index contributed by atoms with van der Waals surface area (Å²) in [6, 6.07) is 3.95. The predicted octanol–water partition coefficient (Wildman–Crippen LogP) is 2.53. The maximum atomic E-state index is 8.97. The van der Waals surface area contributed by atoms with Crippen LogP contribution in [0.3, 0.4) is 0 Å². The highest BCUT2D eigenvalue weighted by molar-refractivity contribution is 4.92. The Morgan fingerprint density at radius 1 is 1.33 bits per heavy atom. The molecule has 2 atom stereocenters. The van der Waals surface area contributed by atoms with E-state index in [0.29, 0.717) is 0 Å². The summed E-state index contributed by atoms with van der Waals surface area (Å²) in [5.41, 5.74) is -0.156. The predicted molar refractivity (Wildman–Crippen MR) is 74.2 cm³/mol. The molecule has 2 unspecified atom stereocenters. The molecule has 0 aliphatic carbocycles. The van der Waals surface area contributed by atoms with Crippen molar-refractivity contribution in [1.29, 1.82) is 5.26 Å². The first-order valence-electron chi connectivity index (χ1n) is 7.49. The van der Waals surface area contributed by atoms with E-state index in [4.69, 9.17) is 5.26 Å². The van der Waals surface area contributed by atoms with Crippen LogP contribution in [0.1, 0.15) is 52.4 Å². The van der Waals surface area contributed by atoms with Gasteiger partial charge >= 0.3 is 0 Å². The van der Waals surface area contributed by atoms with Crippen molar-refractivity contribution in [2.75, 3.05) is 19.6 Å². The van der Waals surface area contributed by atoms with Gasteiger partial charge < -0.3 is 10.2 Å². The number of nitriles is 1. The first kappa shape index (κ1) is 13.8. The fourth-order valence-electron chi connectivity index (χ4n) is 3.30. The first-order valence-corrected chi connectivity index (χ1v) is 7.49. The Balaban J connectivity index is 1.62. The second kappa shape index (κ2) is 6.04. The van der Waals surface area contributed by atoms with E-state index in [-0.39, 0.29) is 5.41 Å². The van der Waals surface area contributed by atoms with E-state index in [2.05, 4.69) is 16.3 Å². The van der Waals surface area contributed by atoms with Gasteiger partial charge in [0.1, 0.15) is 0 Å². The summed E-state index contributed by atoms with van der Waals surface area (Å²) in [5, 5.41) is 12.7. The molecule has 3 heteroatoms. The van der Waals surface area contributed by atoms with E-state index in [1.54, 1.807) is 0 Å². The normalized spacial score (nSPS) is 28.9. The molecule has 2 saturated heterocycles. The summed E-state index contributed by atoms with van der Waals surface area (Å²) < 4.78 is 0. The van der Waals surface area contributed by atoms with Crippen molar-refractivity contribution in [1.82, 2.24) is 10.2 Å². The van der Waals surface area contributed by atoms with Gasteiger partial charge in [-0.15, -0.1) is 0 Å². The second-order valence-corrected chi connectivity index (χ2v) is 6.61. The van der Waals surface area contributed by atoms with E-state index in [1.165, 1.54) is 38.8 Å². The van der Waals surface area contributed by atoms with Crippen LogP contribution in [0, 0.1) is 16.7 Å². The minimum atomic E-state index is -0.156. The lowest BCUT2D eigenvalue weighted by molar-refractivity contribution is 0.166. The molecule has 2 aliphatic rings. The Bertz CT molecular complexity index is 305. The van der Waals surface area contributed by atoms with Crippen molar-refractivity contribution in [2.45, 2.75) is 64.5 Å². The monoisotopic (exact) mass is 249 g/mol. The third-order valence-electron chi connectivity index (χ3n) is 4.53. The molecule has 0 spiro atoms. The fourth-order valence-corrected chi connectivity index (χ4v) is 3.30. The fraction of sp³-hybridized carbons (Fsp3) is 0.933. The highest BCUT2D eigenvalue weighted by Gasteiger charge is 2.31. The lowest BCUT2D eigenvalue weighted by atomic mass is 9.89. The van der Waals surface area contributed by atoms with Crippen molar-refractivity contribution in [3.05, 3.63) is 0 Å². The van der Waals surface area contributed by atoms with Gasteiger partial charge in [-0.3, -0.25) is 0 Å². The van der Waals surface area contributed by atoms with Crippen LogP contribution >= 0.6 is 0 Å². The highest BCUT2D eigenvalue weighted by atomic mass is 15.2. The average molecular weight is 249 g/mol. The summed E-state index contributed by atoms with van der Waals surface area (Å²) in [6.07, 6.45) is 7.55. The van der Waals surface area contributed by atoms with Crippen LogP contribution < -0.4 is 5.32 Å². The Morgan fingerprint density at radius 3 is 2.94 bits per heavy atom. The second-order valence-electron chi connectivity index (χ2n) is 6.61. The van der Waals surface area contributed by atoms with Crippen LogP contribution in [-0.4, -0.2) is 36.6 Å². The largest absolute Gasteiger partial charge is 0.314 e. The van der Waals surface area contributed by atoms with Gasteiger partial charge in [0.05, 0.1) is 11.5 Å². The zero-order valence-corrected chi connectivity index (χ0v) is 11.9. The molecule has 102 valence electrons. The average Bonchev–Trinajstić information content (AvgIpc) is 2.82. The Hall–Kier alpha value is -0.590. The molecule has 2 heterocycles. The van der Waals surface area contributed by atoms with Gasteiger partial charge in [-0.25, -0.2) is 0 Å². The number of piperidine rings is 1. The number of fused-ring (bicyclic) bond motifs is 1. The smallest absolute Gasteiger partial charge is 0.0683 e. The lowest BCUT2D eigenvalue weighted by Gasteiger charge is -2.35. The van der Waals surface area contributed by atoms with Gasteiger partial charge in [0.2, 0.25) is 0 Å². The van der Waals surface area contributed by atoms with Crippen molar-refractivity contribution >= 4 is 0 Å². The molecular formula is C15H27N3. The molecule has 2 rings (SSSR count). The van der Waals surface area contributed by atoms with Gasteiger partial charge in [0.15, 0.2) is 0 Å². The minimum Gasteiger partial charge on any atom is -0.314 e. The van der Waals surface area contributed by atoms with E-state index in [0.717, 1.165) is 31.5 Å². The van der Waals surface area contributed by atoms with E-state index < -0.39 is 0 Å². The van der Waals surface area contributed by atoms with Gasteiger partial charge in [-0.1, -0.05) is 0 Å². The number of hydrogen-bond acceptors (Lipinski definition) is 3. The number of nitrogens with zero attached hydrogens (tertiary/aromatic N) is 2. The zero-order valence-electron chi connectivity index (χ0n) is 11.9. The van der Waals surface area contributed by atoms with Crippen molar-refractivity contribution in [2.24, 2.45) is 5.41 Å². The summed E-state index contributed by atoms with van der Waals surface area (Å²) in [4.78, 5) is 2.66. The first-order chi connectivity index (χ1) is 8.61. The molecule has 0 radical (unpaired) electrons. The quantitative estimate of drug-likeness (QED) is 0.761. The molecule has 0 aromatic carbocycles. The summed E-state index contributed by atoms with van der Waals surface area (Å²) in [5.74, 6) is 0. The molecular weight excluding hydrogens is 222 g/mol. The summed E-state index contributed by atoms with van der Waals surface area (Å²) >= 11 is 0. The van der Waals surface area contributed by atoms with E-state index in [9.17, 15) is 0 Å². The number of hydrogen-bond donors (Lipinski definition) is 1. The van der Waals surface area contributed by atoms with Crippen LogP contribution in [-0.2, 0) is 0 Å². The standard InChI is InChI=1S/C15H27N3/c1-15(2,12-16)7-4-8-17-13-6-10-18-9-3-5-14(18)11-13/h13-14,17H,3-11H2,1-2H3. The third kappa shape index (κ3) is 3.70. The topological polar surface area (TPSA) is 39.1 Å². The molecule has 3 nitrogen and oxygen atoms in total. The lowest BCUT2D eigenvalue weighted by Crippen LogP contribution is -2.45. The molecule has 2 fully saturated rings. The molecule has 18 heavy (non-hydrogen) atoms. The Kier molecular flexibility index (Phi) is 4.64. The maximum Gasteiger partial charge on any atom is 0.0683 e. The zero-order chi connectivity index (χ0) is 13.0. The van der Waals surface area contributed by atoms with Gasteiger partial charge in [-0.2, -0.15) is 5.26 Å². The SMILES string of the molecule is CC(C)(C#N)CCCNC1CCN2CCCC2C1. The maximum absolute atomic E-state index is 8.97. The van der Waals surface area contributed by atoms with Crippen molar-refractivity contribution < 1.29 is 0 Å². The van der Waals surface area contributed by atoms with Gasteiger partial charge in [0, 0.05) is 12.1 Å². The molecule has 0 saturated carbocycles. The van der Waals surface area contributed by atoms with Gasteiger partial charge in [0.25, 0.3) is 0 Å². The molecule has 0 aromatic rings. The van der Waals surface area contributed by atoms with E-state index >= 15 is 0 Å². The Labute approximate surface area is 112 Å². The number of nitrogens with one attached hydrogen (secondary N) is 1. The third-order valence-corrected chi connectivity index (χ3v) is 4.53. The molecule has 1 N–H and O–H groups in total. The van der Waals surface area contributed by atoms with E-state index in [1.807, 2.05) is 13.8 Å². The van der Waals surface area contributed by atoms with Crippen LogP contribution in [0.25, 0.3) is 0 Å². The summed E-state index contributed by atoms with van der Waals surface area (Å²) in [6.45, 7) is 7.75. The molecule has 2 aliphatic heterocycles. The van der Waals surface area contributed by atoms with Crippen LogP contribution in [0.5, 0.6) is 0 Å².